The van der Waals surface area contributed by atoms with E-state index < -0.39 is 0 Å². The number of nitrogens with zero attached hydrogens (tertiary/aromatic N) is 4. The summed E-state index contributed by atoms with van der Waals surface area (Å²) < 4.78 is 7.06. The molecule has 1 aliphatic rings. The van der Waals surface area contributed by atoms with Gasteiger partial charge in [-0.05, 0) is 37.0 Å². The topological polar surface area (TPSA) is 60.2 Å². The molecule has 0 saturated carbocycles. The van der Waals surface area contributed by atoms with Crippen LogP contribution in [0.1, 0.15) is 37.3 Å². The van der Waals surface area contributed by atoms with Crippen molar-refractivity contribution in [2.75, 3.05) is 13.7 Å². The number of carbonyl (C=O) groups excluding carboxylic acids is 1. The number of likely N-dealkylation sites (tertiary alicyclic amines) is 1. The minimum Gasteiger partial charge on any atom is -0.497 e. The number of rotatable bonds is 6. The normalized spacial score (nSPS) is 17.4. The molecule has 0 N–H and O–H groups in total. The van der Waals surface area contributed by atoms with E-state index in [1.807, 2.05) is 23.1 Å². The van der Waals surface area contributed by atoms with Gasteiger partial charge >= 0.3 is 0 Å². The number of methoxy groups -OCH3 is 1. The van der Waals surface area contributed by atoms with Gasteiger partial charge in [-0.1, -0.05) is 12.1 Å². The van der Waals surface area contributed by atoms with Crippen LogP contribution >= 0.6 is 0 Å². The highest BCUT2D eigenvalue weighted by molar-refractivity contribution is 5.77. The molecule has 2 aromatic rings. The van der Waals surface area contributed by atoms with Crippen LogP contribution in [0.25, 0.3) is 0 Å². The van der Waals surface area contributed by atoms with E-state index in [9.17, 15) is 4.79 Å². The second-order valence-corrected chi connectivity index (χ2v) is 5.78. The summed E-state index contributed by atoms with van der Waals surface area (Å²) in [5, 5.41) is 4.06. The second-order valence-electron chi connectivity index (χ2n) is 5.78. The van der Waals surface area contributed by atoms with Crippen molar-refractivity contribution in [2.24, 2.45) is 0 Å². The molecule has 0 spiro atoms. The lowest BCUT2D eigenvalue weighted by Gasteiger charge is -2.25. The van der Waals surface area contributed by atoms with Crippen molar-refractivity contribution in [3.8, 4) is 5.75 Å². The molecule has 122 valence electrons. The zero-order valence-electron chi connectivity index (χ0n) is 13.4. The highest BCUT2D eigenvalue weighted by Crippen LogP contribution is 2.33. The van der Waals surface area contributed by atoms with Gasteiger partial charge in [-0.2, -0.15) is 5.10 Å². The Morgan fingerprint density at radius 1 is 1.43 bits per heavy atom. The Morgan fingerprint density at radius 2 is 2.35 bits per heavy atom. The molecular weight excluding hydrogens is 292 g/mol. The van der Waals surface area contributed by atoms with E-state index >= 15 is 0 Å². The van der Waals surface area contributed by atoms with Gasteiger partial charge in [0.1, 0.15) is 18.4 Å². The number of benzene rings is 1. The number of hydrogen-bond donors (Lipinski definition) is 0. The van der Waals surface area contributed by atoms with Crippen LogP contribution in [0.15, 0.2) is 36.9 Å². The lowest BCUT2D eigenvalue weighted by Crippen LogP contribution is -2.30. The Kier molecular flexibility index (Phi) is 4.90. The molecule has 1 aromatic carbocycles. The summed E-state index contributed by atoms with van der Waals surface area (Å²) in [6, 6.07) is 8.20. The van der Waals surface area contributed by atoms with Gasteiger partial charge < -0.3 is 9.64 Å². The van der Waals surface area contributed by atoms with Gasteiger partial charge in [0.25, 0.3) is 0 Å². The van der Waals surface area contributed by atoms with Crippen LogP contribution in [0.5, 0.6) is 5.75 Å². The van der Waals surface area contributed by atoms with Gasteiger partial charge in [-0.25, -0.2) is 4.98 Å². The number of hydrogen-bond acceptors (Lipinski definition) is 4. The van der Waals surface area contributed by atoms with Gasteiger partial charge in [0, 0.05) is 19.5 Å². The smallest absolute Gasteiger partial charge is 0.223 e. The highest BCUT2D eigenvalue weighted by atomic mass is 16.5. The molecule has 0 radical (unpaired) electrons. The highest BCUT2D eigenvalue weighted by Gasteiger charge is 2.29. The summed E-state index contributed by atoms with van der Waals surface area (Å²) in [6.45, 7) is 1.56. The van der Waals surface area contributed by atoms with Gasteiger partial charge in [0.15, 0.2) is 0 Å². The molecule has 1 fully saturated rings. The first-order valence-corrected chi connectivity index (χ1v) is 8.04. The van der Waals surface area contributed by atoms with Gasteiger partial charge in [-0.15, -0.1) is 0 Å². The molecule has 1 unspecified atom stereocenters. The maximum absolute atomic E-state index is 12.6. The second kappa shape index (κ2) is 7.26. The molecule has 0 aliphatic carbocycles. The molecule has 1 aliphatic heterocycles. The summed E-state index contributed by atoms with van der Waals surface area (Å²) in [5.41, 5.74) is 1.16. The molecule has 1 aromatic heterocycles. The largest absolute Gasteiger partial charge is 0.497 e. The Labute approximate surface area is 136 Å². The van der Waals surface area contributed by atoms with Crippen molar-refractivity contribution in [3.05, 3.63) is 42.5 Å². The van der Waals surface area contributed by atoms with E-state index in [1.54, 1.807) is 18.1 Å². The molecule has 3 rings (SSSR count). The Balaban J connectivity index is 1.60. The maximum atomic E-state index is 12.6. The van der Waals surface area contributed by atoms with Crippen LogP contribution in [0.2, 0.25) is 0 Å². The van der Waals surface area contributed by atoms with Crippen LogP contribution in [0.4, 0.5) is 0 Å². The lowest BCUT2D eigenvalue weighted by molar-refractivity contribution is -0.132. The first kappa shape index (κ1) is 15.5. The number of aryl methyl sites for hydroxylation is 1. The van der Waals surface area contributed by atoms with Crippen molar-refractivity contribution < 1.29 is 9.53 Å². The van der Waals surface area contributed by atoms with Crippen LogP contribution in [-0.4, -0.2) is 39.2 Å². The minimum atomic E-state index is 0.170. The van der Waals surface area contributed by atoms with E-state index in [-0.39, 0.29) is 11.9 Å². The third-order valence-corrected chi connectivity index (χ3v) is 4.30. The zero-order valence-corrected chi connectivity index (χ0v) is 13.4. The molecule has 23 heavy (non-hydrogen) atoms. The standard InChI is InChI=1S/C17H22N4O2/c1-23-15-6-2-5-14(11-15)16-7-3-10-21(16)17(22)8-4-9-20-13-18-12-19-20/h2,5-6,11-13,16H,3-4,7-10H2,1H3. The Bertz CT molecular complexity index is 642. The first-order valence-electron chi connectivity index (χ1n) is 8.04. The Hall–Kier alpha value is -2.37. The summed E-state index contributed by atoms with van der Waals surface area (Å²) in [5.74, 6) is 1.06. The van der Waals surface area contributed by atoms with E-state index in [2.05, 4.69) is 16.1 Å². The van der Waals surface area contributed by atoms with Crippen LogP contribution in [-0.2, 0) is 11.3 Å². The van der Waals surface area contributed by atoms with Crippen LogP contribution in [0, 0.1) is 0 Å². The van der Waals surface area contributed by atoms with Crippen molar-refractivity contribution >= 4 is 5.91 Å². The predicted molar refractivity (Wildman–Crippen MR) is 85.9 cm³/mol. The van der Waals surface area contributed by atoms with Gasteiger partial charge in [-0.3, -0.25) is 9.48 Å². The lowest BCUT2D eigenvalue weighted by atomic mass is 10.0. The summed E-state index contributed by atoms with van der Waals surface area (Å²) in [4.78, 5) is 18.5. The summed E-state index contributed by atoms with van der Waals surface area (Å²) >= 11 is 0. The molecule has 1 amide bonds. The molecule has 6 heteroatoms. The summed E-state index contributed by atoms with van der Waals surface area (Å²) in [6.07, 6.45) is 6.59. The minimum absolute atomic E-state index is 0.170. The fourth-order valence-corrected chi connectivity index (χ4v) is 3.14. The van der Waals surface area contributed by atoms with Crippen molar-refractivity contribution in [1.82, 2.24) is 19.7 Å². The average Bonchev–Trinajstić information content (AvgIpc) is 3.26. The number of ether oxygens (including phenoxy) is 1. The van der Waals surface area contributed by atoms with Crippen molar-refractivity contribution in [2.45, 2.75) is 38.3 Å². The van der Waals surface area contributed by atoms with Gasteiger partial charge in [0.2, 0.25) is 5.91 Å². The third kappa shape index (κ3) is 3.70. The molecule has 0 bridgehead atoms. The average molecular weight is 314 g/mol. The number of aromatic nitrogens is 3. The fraction of sp³-hybridized carbons (Fsp3) is 0.471. The van der Waals surface area contributed by atoms with E-state index in [4.69, 9.17) is 4.74 Å². The SMILES string of the molecule is COc1cccc(C2CCCN2C(=O)CCCn2cncn2)c1. The van der Waals surface area contributed by atoms with E-state index in [0.717, 1.165) is 43.7 Å². The molecular formula is C17H22N4O2. The van der Waals surface area contributed by atoms with E-state index in [0.29, 0.717) is 6.42 Å². The van der Waals surface area contributed by atoms with E-state index in [1.165, 1.54) is 6.33 Å². The zero-order chi connectivity index (χ0) is 16.1. The number of amides is 1. The van der Waals surface area contributed by atoms with Crippen molar-refractivity contribution in [1.29, 1.82) is 0 Å². The molecule has 6 nitrogen and oxygen atoms in total. The number of carbonyl (C=O) groups is 1. The van der Waals surface area contributed by atoms with Crippen LogP contribution in [0.3, 0.4) is 0 Å². The molecule has 1 atom stereocenters. The summed E-state index contributed by atoms with van der Waals surface area (Å²) in [7, 11) is 1.67. The molecule has 2 heterocycles. The molecule has 1 saturated heterocycles. The first-order chi connectivity index (χ1) is 11.3. The third-order valence-electron chi connectivity index (χ3n) is 4.30. The fourth-order valence-electron chi connectivity index (χ4n) is 3.14. The van der Waals surface area contributed by atoms with Crippen LogP contribution < -0.4 is 4.74 Å². The van der Waals surface area contributed by atoms with Crippen molar-refractivity contribution in [3.63, 3.8) is 0 Å². The predicted octanol–water partition coefficient (Wildman–Crippen LogP) is 2.43. The quantitative estimate of drug-likeness (QED) is 0.821. The maximum Gasteiger partial charge on any atom is 0.223 e. The van der Waals surface area contributed by atoms with Gasteiger partial charge in [0.05, 0.1) is 13.2 Å². The monoisotopic (exact) mass is 314 g/mol. The Morgan fingerprint density at radius 3 is 3.13 bits per heavy atom.